The average Bonchev–Trinajstić information content (AvgIpc) is 3.66. The van der Waals surface area contributed by atoms with Crippen LogP contribution in [-0.2, 0) is 17.4 Å². The summed E-state index contributed by atoms with van der Waals surface area (Å²) in [6.45, 7) is 5.59. The molecule has 2 fully saturated rings. The molecule has 218 valence electrons. The smallest absolute Gasteiger partial charge is 0.434 e. The van der Waals surface area contributed by atoms with Gasteiger partial charge < -0.3 is 10.1 Å². The minimum atomic E-state index is 0. The van der Waals surface area contributed by atoms with Crippen LogP contribution in [0.4, 0.5) is 0 Å². The van der Waals surface area contributed by atoms with E-state index in [1.54, 1.807) is 0 Å². The van der Waals surface area contributed by atoms with E-state index in [2.05, 4.69) is 65.5 Å². The summed E-state index contributed by atoms with van der Waals surface area (Å²) in [6, 6.07) is 40.4. The van der Waals surface area contributed by atoms with Crippen LogP contribution in [0.5, 0.6) is 0 Å². The van der Waals surface area contributed by atoms with E-state index < -0.39 is 0 Å². The van der Waals surface area contributed by atoms with Gasteiger partial charge in [-0.25, -0.2) is 11.1 Å². The van der Waals surface area contributed by atoms with Gasteiger partial charge in [-0.2, -0.15) is 48.5 Å². The summed E-state index contributed by atoms with van der Waals surface area (Å²) in [6.07, 6.45) is 11.9. The summed E-state index contributed by atoms with van der Waals surface area (Å²) in [4.78, 5) is 5.00. The van der Waals surface area contributed by atoms with Crippen molar-refractivity contribution in [2.75, 3.05) is 19.8 Å². The predicted octanol–water partition coefficient (Wildman–Crippen LogP) is 8.82. The standard InChI is InChI=1S/C22H29N2.C12H8.C4H8O.Cr/c1-2-3-17-23-22(19-13-8-5-9-14-19)21-16-10-15-20(24-21)18-11-6-4-7-12-18;1-3-7-11(8-4-1)12-9-5-2-6-10-12;1-2-4-5-3-1;/h4,6-7,10-11,15-16,19,22-23H,2-3,5,8-9,13-14,17H2,1H3;1-7,9H;1-4H2;/q-1;-2;;+4/p+1. The van der Waals surface area contributed by atoms with Gasteiger partial charge >= 0.3 is 17.4 Å². The van der Waals surface area contributed by atoms with Gasteiger partial charge in [0.15, 0.2) is 0 Å². The normalized spacial score (nSPS) is 15.3. The van der Waals surface area contributed by atoms with Crippen LogP contribution < -0.4 is 5.32 Å². The molecule has 3 nitrogen and oxygen atoms in total. The maximum atomic E-state index is 5.00. The molecule has 1 unspecified atom stereocenters. The molecule has 0 amide bonds. The van der Waals surface area contributed by atoms with E-state index in [9.17, 15) is 0 Å². The molecule has 4 heteroatoms. The van der Waals surface area contributed by atoms with Gasteiger partial charge in [-0.15, -0.1) is 48.0 Å². The van der Waals surface area contributed by atoms with Crippen LogP contribution in [-0.4, -0.2) is 29.5 Å². The Labute approximate surface area is 265 Å². The molecular weight excluding hydrogens is 552 g/mol. The molecule has 42 heavy (non-hydrogen) atoms. The fraction of sp³-hybridized carbons (Fsp3) is 0.395. The van der Waals surface area contributed by atoms with Gasteiger partial charge in [-0.05, 0) is 43.5 Å². The van der Waals surface area contributed by atoms with Crippen LogP contribution >= 0.6 is 0 Å². The van der Waals surface area contributed by atoms with E-state index >= 15 is 0 Å². The third-order valence-electron chi connectivity index (χ3n) is 7.68. The molecule has 1 aliphatic heterocycles. The molecule has 1 atom stereocenters. The van der Waals surface area contributed by atoms with E-state index in [1.165, 1.54) is 63.5 Å². The van der Waals surface area contributed by atoms with Crippen LogP contribution in [0.1, 0.15) is 76.4 Å². The van der Waals surface area contributed by atoms with Crippen molar-refractivity contribution in [1.29, 1.82) is 0 Å². The third-order valence-corrected chi connectivity index (χ3v) is 7.68. The van der Waals surface area contributed by atoms with Crippen molar-refractivity contribution in [3.63, 3.8) is 0 Å². The monoisotopic (exact) mass is 598 g/mol. The molecule has 1 saturated carbocycles. The van der Waals surface area contributed by atoms with Gasteiger partial charge in [0, 0.05) is 18.5 Å². The summed E-state index contributed by atoms with van der Waals surface area (Å²) in [5.74, 6) is 0.720. The van der Waals surface area contributed by atoms with Gasteiger partial charge in [0.05, 0.1) is 6.04 Å². The fourth-order valence-electron chi connectivity index (χ4n) is 5.42. The summed E-state index contributed by atoms with van der Waals surface area (Å²) in [5, 5.41) is 3.81. The third kappa shape index (κ3) is 11.5. The first-order valence-electron chi connectivity index (χ1n) is 15.6. The second-order valence-electron chi connectivity index (χ2n) is 10.8. The summed E-state index contributed by atoms with van der Waals surface area (Å²) in [5.41, 5.74) is 5.51. The molecule has 1 aliphatic carbocycles. The van der Waals surface area contributed by atoms with Crippen molar-refractivity contribution < 1.29 is 22.1 Å². The number of rotatable bonds is 8. The van der Waals surface area contributed by atoms with Gasteiger partial charge in [0.25, 0.3) is 0 Å². The Morgan fingerprint density at radius 1 is 0.738 bits per heavy atom. The first-order chi connectivity index (χ1) is 20.3. The van der Waals surface area contributed by atoms with E-state index in [0.29, 0.717) is 6.04 Å². The molecule has 1 aromatic heterocycles. The maximum absolute atomic E-state index is 5.00. The summed E-state index contributed by atoms with van der Waals surface area (Å²) >= 11 is 0. The molecule has 0 radical (unpaired) electrons. The number of nitrogens with zero attached hydrogens (tertiary/aromatic N) is 1. The van der Waals surface area contributed by atoms with E-state index in [-0.39, 0.29) is 17.4 Å². The number of aromatic nitrogens is 1. The molecule has 2 aliphatic rings. The van der Waals surface area contributed by atoms with E-state index in [0.717, 1.165) is 48.1 Å². The topological polar surface area (TPSA) is 37.7 Å². The van der Waals surface area contributed by atoms with Crippen molar-refractivity contribution in [2.45, 2.75) is 70.8 Å². The number of benzene rings is 3. The van der Waals surface area contributed by atoms with E-state index in [1.807, 2.05) is 60.7 Å². The number of unbranched alkanes of at least 4 members (excludes halogenated alkanes) is 1. The van der Waals surface area contributed by atoms with Crippen LogP contribution in [0.2, 0.25) is 0 Å². The summed E-state index contributed by atoms with van der Waals surface area (Å²) in [7, 11) is 0. The SMILES string of the molecule is C1CC[OH+]C1.CCCCNC(c1cccc(-c2[c-]cccc2)n1)C1CCCCC1.[Cr+4].[c-]1ccccc1-c1[c-]cccc1. The molecule has 3 aromatic carbocycles. The molecule has 2 N–H and O–H groups in total. The molecule has 2 heterocycles. The van der Waals surface area contributed by atoms with Gasteiger partial charge in [-0.3, -0.25) is 4.98 Å². The quantitative estimate of drug-likeness (QED) is 0.125. The number of ether oxygens (including phenoxy) is 1. The Kier molecular flexibility index (Phi) is 16.3. The Balaban J connectivity index is 0.000000221. The van der Waals surface area contributed by atoms with Gasteiger partial charge in [-0.1, -0.05) is 44.7 Å². The fourth-order valence-corrected chi connectivity index (χ4v) is 5.42. The maximum Gasteiger partial charge on any atom is 4.00 e. The van der Waals surface area contributed by atoms with Crippen LogP contribution in [0.25, 0.3) is 22.4 Å². The number of hydrogen-bond donors (Lipinski definition) is 1. The van der Waals surface area contributed by atoms with Crippen LogP contribution in [0, 0.1) is 24.1 Å². The molecular formula is C38H46CrN2O+2. The molecule has 6 rings (SSSR count). The van der Waals surface area contributed by atoms with Crippen molar-refractivity contribution in [3.8, 4) is 22.4 Å². The van der Waals surface area contributed by atoms with Crippen molar-refractivity contribution in [2.24, 2.45) is 5.92 Å². The zero-order chi connectivity index (χ0) is 28.4. The predicted molar refractivity (Wildman–Crippen MR) is 171 cm³/mol. The van der Waals surface area contributed by atoms with Gasteiger partial charge in [0.2, 0.25) is 0 Å². The zero-order valence-corrected chi connectivity index (χ0v) is 26.4. The number of aliphatic hydroxyl groups is 2. The Morgan fingerprint density at radius 3 is 1.83 bits per heavy atom. The second-order valence-corrected chi connectivity index (χ2v) is 10.8. The Bertz CT molecular complexity index is 1160. The van der Waals surface area contributed by atoms with E-state index in [4.69, 9.17) is 4.98 Å². The van der Waals surface area contributed by atoms with Gasteiger partial charge in [0.1, 0.15) is 13.2 Å². The minimum absolute atomic E-state index is 0. The first kappa shape index (κ1) is 33.8. The van der Waals surface area contributed by atoms with Crippen LogP contribution in [0.3, 0.4) is 0 Å². The largest absolute Gasteiger partial charge is 4.00 e. The van der Waals surface area contributed by atoms with Crippen LogP contribution in [0.15, 0.2) is 91.0 Å². The van der Waals surface area contributed by atoms with Crippen molar-refractivity contribution in [1.82, 2.24) is 10.3 Å². The zero-order valence-electron chi connectivity index (χ0n) is 25.1. The number of nitrogens with one attached hydrogen (secondary N) is 1. The van der Waals surface area contributed by atoms with Crippen molar-refractivity contribution >= 4 is 0 Å². The average molecular weight is 599 g/mol. The molecule has 0 bridgehead atoms. The molecule has 1 saturated heterocycles. The molecule has 4 aromatic rings. The van der Waals surface area contributed by atoms with Crippen molar-refractivity contribution in [3.05, 3.63) is 115 Å². The Morgan fingerprint density at radius 2 is 1.33 bits per heavy atom. The first-order valence-corrected chi connectivity index (χ1v) is 15.6. The molecule has 0 spiro atoms. The number of pyridine rings is 1. The minimum Gasteiger partial charge on any atom is -0.434 e. The number of hydrogen-bond acceptors (Lipinski definition) is 2. The summed E-state index contributed by atoms with van der Waals surface area (Å²) < 4.78 is 4.08. The Hall–Kier alpha value is -2.74. The second kappa shape index (κ2) is 20.2.